The molecule has 10 nitrogen and oxygen atoms in total. The maximum Gasteiger partial charge on any atom is 0.261 e. The Morgan fingerprint density at radius 2 is 1.67 bits per heavy atom. The third kappa shape index (κ3) is 5.72. The first-order valence-corrected chi connectivity index (χ1v) is 15.2. The summed E-state index contributed by atoms with van der Waals surface area (Å²) in [5.41, 5.74) is 7.83. The smallest absolute Gasteiger partial charge is 0.261 e. The summed E-state index contributed by atoms with van der Waals surface area (Å²) < 4.78 is 5.51. The van der Waals surface area contributed by atoms with Gasteiger partial charge in [0.1, 0.15) is 5.58 Å². The molecule has 2 N–H and O–H groups in total. The van der Waals surface area contributed by atoms with Crippen LogP contribution in [0.3, 0.4) is 0 Å². The van der Waals surface area contributed by atoms with Gasteiger partial charge in [0, 0.05) is 79.0 Å². The number of likely N-dealkylation sites (N-methyl/N-ethyl adjacent to an activating group) is 1. The predicted octanol–water partition coefficient (Wildman–Crippen LogP) is 5.79. The van der Waals surface area contributed by atoms with Crippen molar-refractivity contribution in [2.75, 3.05) is 60.2 Å². The third-order valence-electron chi connectivity index (χ3n) is 8.69. The van der Waals surface area contributed by atoms with E-state index in [1.807, 2.05) is 50.2 Å². The van der Waals surface area contributed by atoms with E-state index < -0.39 is 0 Å². The van der Waals surface area contributed by atoms with Crippen molar-refractivity contribution in [2.24, 2.45) is 0 Å². The quantitative estimate of drug-likeness (QED) is 0.252. The number of hydrogen-bond donors (Lipinski definition) is 2. The standard InChI is InChI=1S/C35H35N7O3/c1-22-4-6-26(37-33(43)24-5-11-32-28(18-24)23(2)21-45-32)19-31(22)42-13-12-30-29(34(42)44)20-36-35(39-30)38-25-7-9-27(10-8-25)41-16-14-40(3)15-17-41/h4-11,18-21H,12-17H2,1-3H3,(H,37,43)(H,36,38,39). The normalized spacial score (nSPS) is 15.3. The Balaban J connectivity index is 1.04. The average Bonchev–Trinajstić information content (AvgIpc) is 3.43. The maximum atomic E-state index is 13.7. The van der Waals surface area contributed by atoms with Crippen molar-refractivity contribution in [1.29, 1.82) is 0 Å². The second-order valence-corrected chi connectivity index (χ2v) is 11.8. The molecule has 1 fully saturated rings. The molecule has 2 aliphatic heterocycles. The highest BCUT2D eigenvalue weighted by atomic mass is 16.3. The zero-order chi connectivity index (χ0) is 31.1. The fourth-order valence-electron chi connectivity index (χ4n) is 5.97. The number of carbonyl (C=O) groups is 2. The van der Waals surface area contributed by atoms with Crippen molar-refractivity contribution in [3.63, 3.8) is 0 Å². The van der Waals surface area contributed by atoms with Gasteiger partial charge < -0.3 is 29.8 Å². The summed E-state index contributed by atoms with van der Waals surface area (Å²) in [4.78, 5) is 42.4. The van der Waals surface area contributed by atoms with Crippen LogP contribution >= 0.6 is 0 Å². The number of aromatic nitrogens is 2. The molecule has 2 amide bonds. The van der Waals surface area contributed by atoms with E-state index in [0.29, 0.717) is 35.7 Å². The molecule has 0 bridgehead atoms. The van der Waals surface area contributed by atoms with Crippen LogP contribution in [0.25, 0.3) is 11.0 Å². The number of nitrogens with zero attached hydrogens (tertiary/aromatic N) is 5. The average molecular weight is 602 g/mol. The van der Waals surface area contributed by atoms with Gasteiger partial charge in [0.2, 0.25) is 5.95 Å². The minimum Gasteiger partial charge on any atom is -0.464 e. The van der Waals surface area contributed by atoms with Gasteiger partial charge in [-0.3, -0.25) is 9.59 Å². The molecule has 0 unspecified atom stereocenters. The predicted molar refractivity (Wildman–Crippen MR) is 177 cm³/mol. The second kappa shape index (κ2) is 11.7. The van der Waals surface area contributed by atoms with Crippen LogP contribution in [0.1, 0.15) is 37.5 Å². The number of amides is 2. The van der Waals surface area contributed by atoms with E-state index in [1.54, 1.807) is 29.5 Å². The molecular formula is C35H35N7O3. The third-order valence-corrected chi connectivity index (χ3v) is 8.69. The zero-order valence-electron chi connectivity index (χ0n) is 25.6. The first kappa shape index (κ1) is 28.5. The second-order valence-electron chi connectivity index (χ2n) is 11.8. The Labute approximate surface area is 261 Å². The van der Waals surface area contributed by atoms with Crippen molar-refractivity contribution in [3.05, 3.63) is 101 Å². The van der Waals surface area contributed by atoms with E-state index in [9.17, 15) is 9.59 Å². The number of anilines is 5. The van der Waals surface area contributed by atoms with Crippen LogP contribution in [0.5, 0.6) is 0 Å². The van der Waals surface area contributed by atoms with E-state index in [1.165, 1.54) is 5.69 Å². The lowest BCUT2D eigenvalue weighted by Gasteiger charge is -2.34. The molecule has 2 aromatic heterocycles. The van der Waals surface area contributed by atoms with Gasteiger partial charge in [-0.2, -0.15) is 0 Å². The van der Waals surface area contributed by atoms with Crippen molar-refractivity contribution >= 4 is 51.5 Å². The van der Waals surface area contributed by atoms with E-state index in [4.69, 9.17) is 9.40 Å². The number of furan rings is 1. The summed E-state index contributed by atoms with van der Waals surface area (Å²) in [7, 11) is 2.15. The summed E-state index contributed by atoms with van der Waals surface area (Å²) in [5, 5.41) is 7.18. The first-order valence-electron chi connectivity index (χ1n) is 15.2. The van der Waals surface area contributed by atoms with Crippen LogP contribution in [-0.2, 0) is 6.42 Å². The lowest BCUT2D eigenvalue weighted by molar-refractivity contribution is 0.0978. The number of piperazine rings is 1. The molecule has 10 heteroatoms. The molecule has 1 saturated heterocycles. The molecule has 0 atom stereocenters. The molecule has 0 spiro atoms. The Morgan fingerprint density at radius 1 is 0.889 bits per heavy atom. The first-order chi connectivity index (χ1) is 21.8. The molecule has 3 aromatic carbocycles. The Bertz CT molecular complexity index is 1910. The summed E-state index contributed by atoms with van der Waals surface area (Å²) in [6.45, 7) is 8.53. The van der Waals surface area contributed by atoms with Gasteiger partial charge in [-0.05, 0) is 86.6 Å². The molecule has 5 aromatic rings. The van der Waals surface area contributed by atoms with Gasteiger partial charge in [-0.15, -0.1) is 0 Å². The van der Waals surface area contributed by atoms with Gasteiger partial charge in [0.05, 0.1) is 17.5 Å². The molecule has 0 aliphatic carbocycles. The SMILES string of the molecule is Cc1ccc(NC(=O)c2ccc3occ(C)c3c2)cc1N1CCc2nc(Nc3ccc(N4CCN(C)CC4)cc3)ncc2C1=O. The van der Waals surface area contributed by atoms with E-state index >= 15 is 0 Å². The fourth-order valence-corrected chi connectivity index (χ4v) is 5.97. The highest BCUT2D eigenvalue weighted by Crippen LogP contribution is 2.30. The van der Waals surface area contributed by atoms with Crippen LogP contribution in [-0.4, -0.2) is 66.5 Å². The van der Waals surface area contributed by atoms with E-state index in [-0.39, 0.29) is 11.8 Å². The van der Waals surface area contributed by atoms with Crippen LogP contribution in [0.15, 0.2) is 77.5 Å². The number of fused-ring (bicyclic) bond motifs is 2. The van der Waals surface area contributed by atoms with Crippen molar-refractivity contribution in [1.82, 2.24) is 14.9 Å². The molecule has 228 valence electrons. The van der Waals surface area contributed by atoms with Crippen LogP contribution in [0, 0.1) is 13.8 Å². The Morgan fingerprint density at radius 3 is 2.47 bits per heavy atom. The molecule has 7 rings (SSSR count). The van der Waals surface area contributed by atoms with Crippen LogP contribution in [0.2, 0.25) is 0 Å². The highest BCUT2D eigenvalue weighted by Gasteiger charge is 2.28. The number of rotatable bonds is 6. The fraction of sp³-hybridized carbons (Fsp3) is 0.257. The topological polar surface area (TPSA) is 107 Å². The lowest BCUT2D eigenvalue weighted by atomic mass is 10.0. The number of carbonyl (C=O) groups excluding carboxylic acids is 2. The minimum absolute atomic E-state index is 0.160. The maximum absolute atomic E-state index is 13.7. The molecular weight excluding hydrogens is 566 g/mol. The summed E-state index contributed by atoms with van der Waals surface area (Å²) in [6.07, 6.45) is 3.87. The molecule has 45 heavy (non-hydrogen) atoms. The summed E-state index contributed by atoms with van der Waals surface area (Å²) >= 11 is 0. The van der Waals surface area contributed by atoms with Crippen LogP contribution < -0.4 is 20.4 Å². The van der Waals surface area contributed by atoms with Crippen molar-refractivity contribution in [2.45, 2.75) is 20.3 Å². The van der Waals surface area contributed by atoms with Gasteiger partial charge in [-0.1, -0.05) is 6.07 Å². The van der Waals surface area contributed by atoms with E-state index in [2.05, 4.69) is 44.6 Å². The minimum atomic E-state index is -0.231. The molecule has 0 radical (unpaired) electrons. The van der Waals surface area contributed by atoms with Crippen molar-refractivity contribution < 1.29 is 14.0 Å². The Hall–Kier alpha value is -5.22. The number of nitrogens with one attached hydrogen (secondary N) is 2. The van der Waals surface area contributed by atoms with Crippen LogP contribution in [0.4, 0.5) is 28.7 Å². The largest absolute Gasteiger partial charge is 0.464 e. The number of hydrogen-bond acceptors (Lipinski definition) is 8. The van der Waals surface area contributed by atoms with Gasteiger partial charge in [-0.25, -0.2) is 9.97 Å². The molecule has 4 heterocycles. The zero-order valence-corrected chi connectivity index (χ0v) is 25.6. The molecule has 0 saturated carbocycles. The monoisotopic (exact) mass is 601 g/mol. The number of benzene rings is 3. The summed E-state index contributed by atoms with van der Waals surface area (Å²) in [5.74, 6) is 0.0730. The van der Waals surface area contributed by atoms with E-state index in [0.717, 1.165) is 65.3 Å². The Kier molecular flexibility index (Phi) is 7.42. The van der Waals surface area contributed by atoms with Gasteiger partial charge in [0.15, 0.2) is 0 Å². The molecule has 2 aliphatic rings. The highest BCUT2D eigenvalue weighted by molar-refractivity contribution is 6.09. The van der Waals surface area contributed by atoms with Crippen molar-refractivity contribution in [3.8, 4) is 0 Å². The van der Waals surface area contributed by atoms with Gasteiger partial charge >= 0.3 is 0 Å². The summed E-state index contributed by atoms with van der Waals surface area (Å²) in [6, 6.07) is 19.3. The lowest BCUT2D eigenvalue weighted by Crippen LogP contribution is -2.44. The van der Waals surface area contributed by atoms with Gasteiger partial charge in [0.25, 0.3) is 11.8 Å². The number of aryl methyl sites for hydroxylation is 2.